The lowest BCUT2D eigenvalue weighted by atomic mass is 9.82. The second kappa shape index (κ2) is 11.5. The van der Waals surface area contributed by atoms with Gasteiger partial charge in [-0.15, -0.1) is 0 Å². The lowest BCUT2D eigenvalue weighted by Gasteiger charge is -2.26. The lowest BCUT2D eigenvalue weighted by Crippen LogP contribution is -2.15. The summed E-state index contributed by atoms with van der Waals surface area (Å²) >= 11 is 0. The average Bonchev–Trinajstić information content (AvgIpc) is 3.71. The highest BCUT2D eigenvalue weighted by atomic mass is 16.6. The zero-order chi connectivity index (χ0) is 36.0. The van der Waals surface area contributed by atoms with E-state index in [9.17, 15) is 0 Å². The van der Waals surface area contributed by atoms with Crippen molar-refractivity contribution in [1.82, 2.24) is 9.97 Å². The SMILES string of the molecule is CC1(C)c2ccccc2-c2c1ccc1c2Oc2cccc(-c3ccc(-c4cc(-c5ccc6c(c5)oc5ccccc56)nc(-c5ccccc5)n4)cc3)c2O1. The Bertz CT molecular complexity index is 2960. The van der Waals surface area contributed by atoms with E-state index >= 15 is 0 Å². The molecule has 0 unspecified atom stereocenters. The molecule has 0 amide bonds. The number of hydrogen-bond acceptors (Lipinski definition) is 5. The minimum atomic E-state index is -0.122. The van der Waals surface area contributed by atoms with Gasteiger partial charge in [0, 0.05) is 44.0 Å². The van der Waals surface area contributed by atoms with Crippen molar-refractivity contribution >= 4 is 21.9 Å². The van der Waals surface area contributed by atoms with E-state index < -0.39 is 0 Å². The molecule has 9 aromatic rings. The predicted octanol–water partition coefficient (Wildman–Crippen LogP) is 13.2. The molecule has 0 saturated heterocycles. The summed E-state index contributed by atoms with van der Waals surface area (Å²) in [4.78, 5) is 10.1. The Morgan fingerprint density at radius 1 is 0.444 bits per heavy atom. The zero-order valence-corrected chi connectivity index (χ0v) is 29.6. The highest BCUT2D eigenvalue weighted by Crippen LogP contribution is 2.59. The fourth-order valence-corrected chi connectivity index (χ4v) is 8.24. The van der Waals surface area contributed by atoms with Crippen LogP contribution in [0.2, 0.25) is 0 Å². The summed E-state index contributed by atoms with van der Waals surface area (Å²) in [6.45, 7) is 4.55. The average molecular weight is 697 g/mol. The first-order valence-electron chi connectivity index (χ1n) is 18.2. The van der Waals surface area contributed by atoms with Gasteiger partial charge in [0.05, 0.1) is 11.4 Å². The lowest BCUT2D eigenvalue weighted by molar-refractivity contribution is 0.361. The number of rotatable bonds is 4. The summed E-state index contributed by atoms with van der Waals surface area (Å²) in [5.41, 5.74) is 13.0. The van der Waals surface area contributed by atoms with Crippen LogP contribution in [0, 0.1) is 0 Å². The second-order valence-corrected chi connectivity index (χ2v) is 14.5. The zero-order valence-electron chi connectivity index (χ0n) is 29.6. The van der Waals surface area contributed by atoms with Crippen molar-refractivity contribution in [3.05, 3.63) is 169 Å². The molecule has 0 radical (unpaired) electrons. The molecule has 0 fully saturated rings. The molecular formula is C49H32N2O3. The number of aromatic nitrogens is 2. The molecule has 0 saturated carbocycles. The Hall–Kier alpha value is -6.98. The number of nitrogens with zero attached hydrogens (tertiary/aromatic N) is 2. The number of ether oxygens (including phenoxy) is 2. The molecule has 3 heterocycles. The largest absolute Gasteiger partial charge is 0.456 e. The van der Waals surface area contributed by atoms with Crippen LogP contribution in [0.25, 0.3) is 78.1 Å². The molecule has 5 heteroatoms. The normalized spacial score (nSPS) is 13.4. The summed E-state index contributed by atoms with van der Waals surface area (Å²) in [7, 11) is 0. The van der Waals surface area contributed by atoms with Gasteiger partial charge >= 0.3 is 0 Å². The molecule has 0 N–H and O–H groups in total. The topological polar surface area (TPSA) is 57.4 Å². The number of furan rings is 1. The van der Waals surface area contributed by atoms with E-state index in [1.165, 1.54) is 16.7 Å². The standard InChI is InChI=1S/C49H32N2O3/c1-49(2)37-16-8-6-14-36(37)45-38(49)25-26-43-47(45)54-42-18-10-15-33(46(42)53-43)29-19-21-30(22-20-29)39-28-40(51-48(50-39)31-11-4-3-5-12-31)32-23-24-35-34-13-7-9-17-41(34)52-44(35)27-32/h3-28H,1-2H3. The maximum Gasteiger partial charge on any atom is 0.178 e. The van der Waals surface area contributed by atoms with E-state index in [1.54, 1.807) is 0 Å². The van der Waals surface area contributed by atoms with Crippen LogP contribution in [0.3, 0.4) is 0 Å². The Morgan fingerprint density at radius 3 is 1.98 bits per heavy atom. The molecule has 1 aliphatic carbocycles. The molecule has 1 aliphatic heterocycles. The third-order valence-corrected chi connectivity index (χ3v) is 11.0. The van der Waals surface area contributed by atoms with Crippen molar-refractivity contribution < 1.29 is 13.9 Å². The highest BCUT2D eigenvalue weighted by molar-refractivity contribution is 6.05. The van der Waals surface area contributed by atoms with Crippen LogP contribution >= 0.6 is 0 Å². The minimum Gasteiger partial charge on any atom is -0.456 e. The third-order valence-electron chi connectivity index (χ3n) is 11.0. The van der Waals surface area contributed by atoms with Gasteiger partial charge in [0.15, 0.2) is 28.8 Å². The maximum absolute atomic E-state index is 6.73. The van der Waals surface area contributed by atoms with Gasteiger partial charge < -0.3 is 13.9 Å². The van der Waals surface area contributed by atoms with Crippen molar-refractivity contribution in [2.75, 3.05) is 0 Å². The molecule has 2 aliphatic rings. The van der Waals surface area contributed by atoms with Crippen molar-refractivity contribution in [1.29, 1.82) is 0 Å². The number of benzene rings is 7. The maximum atomic E-state index is 6.73. The van der Waals surface area contributed by atoms with Gasteiger partial charge in [0.2, 0.25) is 0 Å². The monoisotopic (exact) mass is 696 g/mol. The van der Waals surface area contributed by atoms with Crippen molar-refractivity contribution in [2.24, 2.45) is 0 Å². The third kappa shape index (κ3) is 4.65. The summed E-state index contributed by atoms with van der Waals surface area (Å²) in [5.74, 6) is 3.57. The Labute approximate surface area is 312 Å². The molecule has 0 atom stereocenters. The molecule has 5 nitrogen and oxygen atoms in total. The fraction of sp³-hybridized carbons (Fsp3) is 0.0612. The summed E-state index contributed by atoms with van der Waals surface area (Å²) in [5, 5.41) is 2.19. The van der Waals surface area contributed by atoms with Crippen LogP contribution < -0.4 is 9.47 Å². The molecule has 11 rings (SSSR count). The van der Waals surface area contributed by atoms with Crippen LogP contribution in [0.4, 0.5) is 0 Å². The molecule has 0 bridgehead atoms. The first kappa shape index (κ1) is 30.6. The van der Waals surface area contributed by atoms with E-state index in [1.807, 2.05) is 66.7 Å². The molecule has 0 spiro atoms. The molecular weight excluding hydrogens is 665 g/mol. The summed E-state index contributed by atoms with van der Waals surface area (Å²) < 4.78 is 19.7. The van der Waals surface area contributed by atoms with Crippen molar-refractivity contribution in [2.45, 2.75) is 19.3 Å². The first-order valence-corrected chi connectivity index (χ1v) is 18.2. The van der Waals surface area contributed by atoms with Gasteiger partial charge in [-0.05, 0) is 58.7 Å². The summed E-state index contributed by atoms with van der Waals surface area (Å²) in [6, 6.07) is 54.0. The smallest absolute Gasteiger partial charge is 0.178 e. The van der Waals surface area contributed by atoms with E-state index in [4.69, 9.17) is 23.9 Å². The van der Waals surface area contributed by atoms with Gasteiger partial charge in [0.25, 0.3) is 0 Å². The van der Waals surface area contributed by atoms with Crippen LogP contribution in [-0.4, -0.2) is 9.97 Å². The van der Waals surface area contributed by atoms with Gasteiger partial charge in [-0.3, -0.25) is 0 Å². The van der Waals surface area contributed by atoms with Gasteiger partial charge in [0.1, 0.15) is 11.2 Å². The van der Waals surface area contributed by atoms with Crippen LogP contribution in [0.5, 0.6) is 23.0 Å². The van der Waals surface area contributed by atoms with Crippen molar-refractivity contribution in [3.63, 3.8) is 0 Å². The number of hydrogen-bond donors (Lipinski definition) is 0. The van der Waals surface area contributed by atoms with E-state index in [0.717, 1.165) is 78.2 Å². The Kier molecular flexibility index (Phi) is 6.53. The molecule has 256 valence electrons. The summed E-state index contributed by atoms with van der Waals surface area (Å²) in [6.07, 6.45) is 0. The highest BCUT2D eigenvalue weighted by Gasteiger charge is 2.39. The second-order valence-electron chi connectivity index (χ2n) is 14.5. The van der Waals surface area contributed by atoms with E-state index in [2.05, 4.69) is 105 Å². The molecule has 7 aromatic carbocycles. The number of fused-ring (bicyclic) bond motifs is 9. The van der Waals surface area contributed by atoms with Crippen LogP contribution in [0.1, 0.15) is 25.0 Å². The molecule has 2 aromatic heterocycles. The van der Waals surface area contributed by atoms with Crippen LogP contribution in [0.15, 0.2) is 162 Å². The minimum absolute atomic E-state index is 0.122. The van der Waals surface area contributed by atoms with Gasteiger partial charge in [-0.1, -0.05) is 135 Å². The van der Waals surface area contributed by atoms with E-state index in [-0.39, 0.29) is 5.41 Å². The quantitative estimate of drug-likeness (QED) is 0.183. The predicted molar refractivity (Wildman–Crippen MR) is 215 cm³/mol. The number of para-hydroxylation sites is 2. The van der Waals surface area contributed by atoms with Gasteiger partial charge in [-0.2, -0.15) is 0 Å². The molecule has 54 heavy (non-hydrogen) atoms. The first-order chi connectivity index (χ1) is 26.5. The Balaban J connectivity index is 0.966. The fourth-order valence-electron chi connectivity index (χ4n) is 8.24. The van der Waals surface area contributed by atoms with E-state index in [0.29, 0.717) is 17.3 Å². The van der Waals surface area contributed by atoms with Gasteiger partial charge in [-0.25, -0.2) is 9.97 Å². The van der Waals surface area contributed by atoms with Crippen LogP contribution in [-0.2, 0) is 5.41 Å². The van der Waals surface area contributed by atoms with Crippen molar-refractivity contribution in [3.8, 4) is 79.2 Å². The Morgan fingerprint density at radius 2 is 1.11 bits per heavy atom.